The van der Waals surface area contributed by atoms with Crippen LogP contribution in [0.25, 0.3) is 0 Å². The number of nitrogens with zero attached hydrogens (tertiary/aromatic N) is 1. The summed E-state index contributed by atoms with van der Waals surface area (Å²) >= 11 is 0. The molecule has 0 aliphatic heterocycles. The summed E-state index contributed by atoms with van der Waals surface area (Å²) in [5, 5.41) is 0. The van der Waals surface area contributed by atoms with Gasteiger partial charge in [-0.25, -0.2) is 0 Å². The highest BCUT2D eigenvalue weighted by molar-refractivity contribution is 6.19. The average molecular weight is 454 g/mol. The van der Waals surface area contributed by atoms with E-state index >= 15 is 0 Å². The minimum Gasteiger partial charge on any atom is -0.311 e. The lowest BCUT2D eigenvalue weighted by Crippen LogP contribution is -2.12. The van der Waals surface area contributed by atoms with E-state index in [0.29, 0.717) is 22.3 Å². The second-order valence-corrected chi connectivity index (χ2v) is 8.12. The van der Waals surface area contributed by atoms with Gasteiger partial charge in [-0.1, -0.05) is 91.0 Å². The number of ketones is 2. The maximum Gasteiger partial charge on any atom is 0.193 e. The van der Waals surface area contributed by atoms with E-state index in [1.165, 1.54) is 0 Å². The molecule has 5 aromatic carbocycles. The molecule has 3 heteroatoms. The maximum atomic E-state index is 13.5. The predicted molar refractivity (Wildman–Crippen MR) is 141 cm³/mol. The molecule has 168 valence electrons. The zero-order valence-electron chi connectivity index (χ0n) is 19.0. The molecular weight excluding hydrogens is 430 g/mol. The molecule has 0 saturated carbocycles. The van der Waals surface area contributed by atoms with E-state index in [1.807, 2.05) is 78.9 Å². The van der Waals surface area contributed by atoms with Crippen molar-refractivity contribution < 1.29 is 9.59 Å². The Morgan fingerprint density at radius 1 is 0.371 bits per heavy atom. The minimum atomic E-state index is -0.178. The van der Waals surface area contributed by atoms with Gasteiger partial charge in [0.15, 0.2) is 11.6 Å². The minimum absolute atomic E-state index is 0.162. The highest BCUT2D eigenvalue weighted by atomic mass is 16.1. The van der Waals surface area contributed by atoms with Crippen LogP contribution in [0.1, 0.15) is 31.8 Å². The molecule has 0 atom stereocenters. The summed E-state index contributed by atoms with van der Waals surface area (Å²) in [7, 11) is 0. The molecule has 35 heavy (non-hydrogen) atoms. The van der Waals surface area contributed by atoms with E-state index < -0.39 is 0 Å². The molecule has 5 aromatic rings. The first-order valence-corrected chi connectivity index (χ1v) is 11.5. The van der Waals surface area contributed by atoms with E-state index in [4.69, 9.17) is 0 Å². The van der Waals surface area contributed by atoms with Gasteiger partial charge < -0.3 is 4.90 Å². The Morgan fingerprint density at radius 2 is 0.714 bits per heavy atom. The third kappa shape index (κ3) is 4.66. The number of hydrogen-bond donors (Lipinski definition) is 0. The number of hydrogen-bond acceptors (Lipinski definition) is 3. The summed E-state index contributed by atoms with van der Waals surface area (Å²) in [6.07, 6.45) is 0. The van der Waals surface area contributed by atoms with Crippen LogP contribution in [-0.4, -0.2) is 11.6 Å². The highest BCUT2D eigenvalue weighted by Crippen LogP contribution is 2.34. The van der Waals surface area contributed by atoms with Gasteiger partial charge in [0.25, 0.3) is 0 Å². The quantitative estimate of drug-likeness (QED) is 0.238. The molecule has 3 nitrogen and oxygen atoms in total. The molecular formula is C32H23NO2. The van der Waals surface area contributed by atoms with Crippen LogP contribution in [0.3, 0.4) is 0 Å². The summed E-state index contributed by atoms with van der Waals surface area (Å²) in [5.41, 5.74) is 4.88. The zero-order chi connectivity index (χ0) is 24.0. The van der Waals surface area contributed by atoms with Crippen LogP contribution in [0, 0.1) is 0 Å². The van der Waals surface area contributed by atoms with Crippen molar-refractivity contribution in [3.8, 4) is 0 Å². The van der Waals surface area contributed by atoms with Crippen molar-refractivity contribution in [3.63, 3.8) is 0 Å². The van der Waals surface area contributed by atoms with Crippen LogP contribution in [-0.2, 0) is 0 Å². The molecule has 0 unspecified atom stereocenters. The van der Waals surface area contributed by atoms with Crippen LogP contribution in [0.15, 0.2) is 140 Å². The van der Waals surface area contributed by atoms with Crippen molar-refractivity contribution in [2.75, 3.05) is 4.90 Å². The number of rotatable bonds is 7. The molecule has 0 bridgehead atoms. The Morgan fingerprint density at radius 3 is 1.17 bits per heavy atom. The molecule has 0 aromatic heterocycles. The molecule has 5 rings (SSSR count). The summed E-state index contributed by atoms with van der Waals surface area (Å²) in [6, 6.07) is 43.8. The number of carbonyl (C=O) groups is 2. The lowest BCUT2D eigenvalue weighted by molar-refractivity contribution is 0.100. The molecule has 0 saturated heterocycles. The molecule has 0 N–H and O–H groups in total. The van der Waals surface area contributed by atoms with Crippen molar-refractivity contribution in [2.45, 2.75) is 0 Å². The molecule has 0 spiro atoms. The third-order valence-corrected chi connectivity index (χ3v) is 5.87. The lowest BCUT2D eigenvalue weighted by Gasteiger charge is -2.25. The summed E-state index contributed by atoms with van der Waals surface area (Å²) in [4.78, 5) is 28.7. The van der Waals surface area contributed by atoms with Crippen molar-refractivity contribution >= 4 is 28.6 Å². The fourth-order valence-corrected chi connectivity index (χ4v) is 4.14. The van der Waals surface area contributed by atoms with Crippen LogP contribution >= 0.6 is 0 Å². The van der Waals surface area contributed by atoms with Gasteiger partial charge in [0.2, 0.25) is 0 Å². The van der Waals surface area contributed by atoms with Gasteiger partial charge >= 0.3 is 0 Å². The standard InChI is InChI=1S/C32H23NO2/c34-31(24-12-4-1-5-13-24)29-18-10-11-19-30(29)32(35)25-20-22-28(23-21-25)33(26-14-6-2-7-15-26)27-16-8-3-9-17-27/h1-23H. The first-order chi connectivity index (χ1) is 17.2. The van der Waals surface area contributed by atoms with E-state index in [-0.39, 0.29) is 11.6 Å². The Kier molecular flexibility index (Phi) is 6.31. The Balaban J connectivity index is 1.49. The number of anilines is 3. The highest BCUT2D eigenvalue weighted by Gasteiger charge is 2.20. The smallest absolute Gasteiger partial charge is 0.193 e. The summed E-state index contributed by atoms with van der Waals surface area (Å²) < 4.78 is 0. The predicted octanol–water partition coefficient (Wildman–Crippen LogP) is 7.62. The van der Waals surface area contributed by atoms with Gasteiger partial charge in [0.05, 0.1) is 0 Å². The first kappa shape index (κ1) is 22.1. The van der Waals surface area contributed by atoms with Crippen LogP contribution < -0.4 is 4.90 Å². The Labute approximate surface area is 204 Å². The second-order valence-electron chi connectivity index (χ2n) is 8.12. The van der Waals surface area contributed by atoms with Crippen LogP contribution in [0.5, 0.6) is 0 Å². The second kappa shape index (κ2) is 10.0. The average Bonchev–Trinajstić information content (AvgIpc) is 2.94. The van der Waals surface area contributed by atoms with Gasteiger partial charge in [0, 0.05) is 39.3 Å². The number of benzene rings is 5. The van der Waals surface area contributed by atoms with E-state index in [0.717, 1.165) is 17.1 Å². The molecule has 0 amide bonds. The van der Waals surface area contributed by atoms with Gasteiger partial charge in [0.1, 0.15) is 0 Å². The third-order valence-electron chi connectivity index (χ3n) is 5.87. The zero-order valence-corrected chi connectivity index (χ0v) is 19.0. The van der Waals surface area contributed by atoms with Crippen molar-refractivity contribution in [1.82, 2.24) is 0 Å². The summed E-state index contributed by atoms with van der Waals surface area (Å²) in [5.74, 6) is -0.340. The largest absolute Gasteiger partial charge is 0.311 e. The van der Waals surface area contributed by atoms with Crippen molar-refractivity contribution in [2.24, 2.45) is 0 Å². The number of carbonyl (C=O) groups excluding carboxylic acids is 2. The lowest BCUT2D eigenvalue weighted by atomic mass is 9.93. The van der Waals surface area contributed by atoms with Gasteiger partial charge in [-0.3, -0.25) is 9.59 Å². The molecule has 0 aliphatic rings. The van der Waals surface area contributed by atoms with Crippen LogP contribution in [0.4, 0.5) is 17.1 Å². The molecule has 0 fully saturated rings. The van der Waals surface area contributed by atoms with Gasteiger partial charge in [-0.15, -0.1) is 0 Å². The van der Waals surface area contributed by atoms with Crippen molar-refractivity contribution in [1.29, 1.82) is 0 Å². The fourth-order valence-electron chi connectivity index (χ4n) is 4.14. The normalized spacial score (nSPS) is 10.5. The van der Waals surface area contributed by atoms with Crippen molar-refractivity contribution in [3.05, 3.63) is 162 Å². The van der Waals surface area contributed by atoms with E-state index in [9.17, 15) is 9.59 Å². The first-order valence-electron chi connectivity index (χ1n) is 11.5. The maximum absolute atomic E-state index is 13.5. The Hall–Kier alpha value is -4.76. The molecule has 0 heterocycles. The SMILES string of the molecule is O=C(c1ccccc1)c1ccccc1C(=O)c1ccc(N(c2ccccc2)c2ccccc2)cc1. The fraction of sp³-hybridized carbons (Fsp3) is 0. The van der Waals surface area contributed by atoms with E-state index in [1.54, 1.807) is 36.4 Å². The Bertz CT molecular complexity index is 1410. The van der Waals surface area contributed by atoms with Gasteiger partial charge in [-0.2, -0.15) is 0 Å². The van der Waals surface area contributed by atoms with E-state index in [2.05, 4.69) is 29.2 Å². The van der Waals surface area contributed by atoms with Gasteiger partial charge in [-0.05, 0) is 48.5 Å². The van der Waals surface area contributed by atoms with Crippen LogP contribution in [0.2, 0.25) is 0 Å². The molecule has 0 aliphatic carbocycles. The summed E-state index contributed by atoms with van der Waals surface area (Å²) in [6.45, 7) is 0. The topological polar surface area (TPSA) is 37.4 Å². The number of para-hydroxylation sites is 2. The molecule has 0 radical (unpaired) electrons. The monoisotopic (exact) mass is 453 g/mol.